The summed E-state index contributed by atoms with van der Waals surface area (Å²) in [5, 5.41) is 5.66. The Morgan fingerprint density at radius 1 is 0.477 bits per heavy atom. The van der Waals surface area contributed by atoms with Gasteiger partial charge in [0, 0.05) is 24.3 Å². The van der Waals surface area contributed by atoms with Crippen LogP contribution in [0.25, 0.3) is 0 Å². The smallest absolute Gasteiger partial charge is 0.329 e. The third-order valence-electron chi connectivity index (χ3n) is 7.38. The van der Waals surface area contributed by atoms with Gasteiger partial charge in [-0.3, -0.25) is 9.59 Å². The van der Waals surface area contributed by atoms with Gasteiger partial charge < -0.3 is 20.1 Å². The Hall–Kier alpha value is -1.42. The van der Waals surface area contributed by atoms with E-state index in [1.165, 1.54) is 98.6 Å². The molecule has 0 aliphatic carbocycles. The highest BCUT2D eigenvalue weighted by Gasteiger charge is 2.25. The summed E-state index contributed by atoms with van der Waals surface area (Å²) in [6.45, 7) is 8.38. The number of carbonyl (C=O) groups excluding carboxylic acids is 4. The highest BCUT2D eigenvalue weighted by Crippen LogP contribution is 2.24. The monoisotopic (exact) mass is 660 g/mol. The molecule has 258 valence electrons. The fourth-order valence-electron chi connectivity index (χ4n) is 4.78. The minimum Gasteiger partial charge on any atom is -0.464 e. The first-order valence-electron chi connectivity index (χ1n) is 17.6. The third kappa shape index (κ3) is 25.9. The van der Waals surface area contributed by atoms with Crippen molar-refractivity contribution in [1.82, 2.24) is 10.6 Å². The van der Waals surface area contributed by atoms with Gasteiger partial charge in [-0.25, -0.2) is 9.59 Å². The summed E-state index contributed by atoms with van der Waals surface area (Å²) >= 11 is 0. The first-order valence-corrected chi connectivity index (χ1v) is 20.0. The molecule has 2 atom stereocenters. The van der Waals surface area contributed by atoms with Crippen molar-refractivity contribution >= 4 is 45.3 Å². The van der Waals surface area contributed by atoms with Gasteiger partial charge in [-0.15, -0.1) is 0 Å². The van der Waals surface area contributed by atoms with Gasteiger partial charge in [0.1, 0.15) is 12.1 Å². The molecule has 2 N–H and O–H groups in total. The Balaban J connectivity index is 4.48. The predicted octanol–water partition coefficient (Wildman–Crippen LogP) is 8.31. The minimum atomic E-state index is -0.763. The number of esters is 2. The van der Waals surface area contributed by atoms with Crippen LogP contribution in [0.4, 0.5) is 0 Å². The normalized spacial score (nSPS) is 12.4. The summed E-state index contributed by atoms with van der Waals surface area (Å²) in [6, 6.07) is -1.53. The summed E-state index contributed by atoms with van der Waals surface area (Å²) < 4.78 is 10.4. The van der Waals surface area contributed by atoms with Crippen LogP contribution < -0.4 is 10.6 Å². The average Bonchev–Trinajstić information content (AvgIpc) is 3.00. The van der Waals surface area contributed by atoms with Crippen molar-refractivity contribution in [2.45, 2.75) is 168 Å². The van der Waals surface area contributed by atoms with Crippen molar-refractivity contribution in [2.24, 2.45) is 0 Å². The largest absolute Gasteiger partial charge is 0.464 e. The zero-order chi connectivity index (χ0) is 32.7. The maximum atomic E-state index is 12.5. The van der Waals surface area contributed by atoms with Crippen LogP contribution >= 0.6 is 21.6 Å². The summed E-state index contributed by atoms with van der Waals surface area (Å²) in [7, 11) is 2.73. The lowest BCUT2D eigenvalue weighted by molar-refractivity contribution is -0.147. The van der Waals surface area contributed by atoms with E-state index in [0.717, 1.165) is 38.5 Å². The highest BCUT2D eigenvalue weighted by atomic mass is 33.1. The van der Waals surface area contributed by atoms with Gasteiger partial charge in [0.2, 0.25) is 11.8 Å². The molecule has 0 spiro atoms. The van der Waals surface area contributed by atoms with Crippen molar-refractivity contribution in [2.75, 3.05) is 24.7 Å². The van der Waals surface area contributed by atoms with E-state index in [-0.39, 0.29) is 25.0 Å². The number of ether oxygens (including phenoxy) is 2. The van der Waals surface area contributed by atoms with E-state index in [9.17, 15) is 19.2 Å². The Bertz CT molecular complexity index is 681. The molecule has 0 aromatic rings. The molecule has 0 fully saturated rings. The lowest BCUT2D eigenvalue weighted by Gasteiger charge is -2.19. The molecular weight excluding hydrogens is 597 g/mol. The SMILES string of the molecule is CCCCCCCCCCCC(=O)N[C@@H](CSSC[C@H](NC(=O)CCCCCCCCCCC)C(=O)OCC)C(=O)OCC. The van der Waals surface area contributed by atoms with Crippen molar-refractivity contribution in [1.29, 1.82) is 0 Å². The summed E-state index contributed by atoms with van der Waals surface area (Å²) in [6.07, 6.45) is 21.9. The quantitative estimate of drug-likeness (QED) is 0.0434. The molecule has 0 aliphatic heterocycles. The van der Waals surface area contributed by atoms with Crippen molar-refractivity contribution in [3.63, 3.8) is 0 Å². The van der Waals surface area contributed by atoms with E-state index >= 15 is 0 Å². The Morgan fingerprint density at radius 2 is 0.773 bits per heavy atom. The maximum absolute atomic E-state index is 12.5. The van der Waals surface area contributed by atoms with Gasteiger partial charge in [-0.05, 0) is 26.7 Å². The van der Waals surface area contributed by atoms with Crippen LogP contribution in [-0.2, 0) is 28.7 Å². The zero-order valence-electron chi connectivity index (χ0n) is 28.4. The van der Waals surface area contributed by atoms with E-state index in [1.54, 1.807) is 13.8 Å². The molecule has 0 aliphatic rings. The van der Waals surface area contributed by atoms with Crippen LogP contribution in [0.15, 0.2) is 0 Å². The Kier molecular flexibility index (Phi) is 30.5. The topological polar surface area (TPSA) is 111 Å². The number of unbranched alkanes of at least 4 members (excludes halogenated alkanes) is 16. The van der Waals surface area contributed by atoms with Crippen LogP contribution in [0.3, 0.4) is 0 Å². The molecule has 0 bridgehead atoms. The predicted molar refractivity (Wildman–Crippen MR) is 186 cm³/mol. The number of carbonyl (C=O) groups is 4. The standard InChI is InChI=1S/C34H64N2O6S2/c1-5-9-11-13-15-17-19-21-23-25-31(37)35-29(33(39)41-7-3)27-43-44-28-30(34(40)42-8-4)36-32(38)26-24-22-20-18-16-14-12-10-6-2/h29-30H,5-28H2,1-4H3,(H,35,37)(H,36,38)/t29-,30-/m0/s1. The fraction of sp³-hybridized carbons (Fsp3) is 0.882. The highest BCUT2D eigenvalue weighted by molar-refractivity contribution is 8.76. The van der Waals surface area contributed by atoms with E-state index in [4.69, 9.17) is 9.47 Å². The summed E-state index contributed by atoms with van der Waals surface area (Å²) in [5.74, 6) is -0.617. The average molecular weight is 661 g/mol. The Morgan fingerprint density at radius 3 is 1.07 bits per heavy atom. The van der Waals surface area contributed by atoms with Crippen molar-refractivity contribution in [3.05, 3.63) is 0 Å². The molecule has 0 aromatic heterocycles. The molecule has 2 amide bonds. The fourth-order valence-corrected chi connectivity index (χ4v) is 7.08. The van der Waals surface area contributed by atoms with E-state index in [2.05, 4.69) is 24.5 Å². The van der Waals surface area contributed by atoms with Crippen molar-refractivity contribution in [3.8, 4) is 0 Å². The second-order valence-electron chi connectivity index (χ2n) is 11.5. The molecule has 10 heteroatoms. The minimum absolute atomic E-state index is 0.148. The zero-order valence-corrected chi connectivity index (χ0v) is 30.0. The van der Waals surface area contributed by atoms with Gasteiger partial charge in [0.15, 0.2) is 0 Å². The second-order valence-corrected chi connectivity index (χ2v) is 14.0. The number of nitrogens with one attached hydrogen (secondary N) is 2. The van der Waals surface area contributed by atoms with Gasteiger partial charge in [-0.2, -0.15) is 0 Å². The summed E-state index contributed by atoms with van der Waals surface area (Å²) in [5.41, 5.74) is 0. The third-order valence-corrected chi connectivity index (χ3v) is 9.80. The van der Waals surface area contributed by atoms with Gasteiger partial charge in [-0.1, -0.05) is 138 Å². The molecule has 0 saturated carbocycles. The molecule has 0 radical (unpaired) electrons. The molecule has 0 aromatic carbocycles. The molecule has 0 unspecified atom stereocenters. The Labute approximate surface area is 276 Å². The molecule has 0 rings (SSSR count). The second kappa shape index (κ2) is 31.6. The lowest BCUT2D eigenvalue weighted by atomic mass is 10.1. The van der Waals surface area contributed by atoms with Gasteiger partial charge in [0.25, 0.3) is 0 Å². The van der Waals surface area contributed by atoms with Crippen LogP contribution in [-0.4, -0.2) is 60.6 Å². The lowest BCUT2D eigenvalue weighted by Crippen LogP contribution is -2.44. The van der Waals surface area contributed by atoms with Gasteiger partial charge in [0.05, 0.1) is 13.2 Å². The molecular formula is C34H64N2O6S2. The van der Waals surface area contributed by atoms with Crippen molar-refractivity contribution < 1.29 is 28.7 Å². The summed E-state index contributed by atoms with van der Waals surface area (Å²) in [4.78, 5) is 50.1. The molecule has 44 heavy (non-hydrogen) atoms. The molecule has 0 saturated heterocycles. The first-order chi connectivity index (χ1) is 21.4. The number of rotatable bonds is 31. The van der Waals surface area contributed by atoms with Gasteiger partial charge >= 0.3 is 11.9 Å². The van der Waals surface area contributed by atoms with Crippen LogP contribution in [0.5, 0.6) is 0 Å². The number of amides is 2. The number of hydrogen-bond acceptors (Lipinski definition) is 8. The van der Waals surface area contributed by atoms with Crippen LogP contribution in [0, 0.1) is 0 Å². The molecule has 0 heterocycles. The van der Waals surface area contributed by atoms with Crippen LogP contribution in [0.2, 0.25) is 0 Å². The maximum Gasteiger partial charge on any atom is 0.329 e. The van der Waals surface area contributed by atoms with E-state index < -0.39 is 24.0 Å². The van der Waals surface area contributed by atoms with Crippen LogP contribution in [0.1, 0.15) is 156 Å². The van der Waals surface area contributed by atoms with E-state index in [1.807, 2.05) is 0 Å². The molecule has 8 nitrogen and oxygen atoms in total. The number of hydrogen-bond donors (Lipinski definition) is 2. The first kappa shape index (κ1) is 42.6. The van der Waals surface area contributed by atoms with E-state index in [0.29, 0.717) is 24.3 Å².